The first-order valence-electron chi connectivity index (χ1n) is 5.80. The zero-order valence-corrected chi connectivity index (χ0v) is 11.4. The molecule has 100 valence electrons. The summed E-state index contributed by atoms with van der Waals surface area (Å²) >= 11 is 5.83. The highest BCUT2D eigenvalue weighted by atomic mass is 35.5. The molecule has 0 aliphatic heterocycles. The van der Waals surface area contributed by atoms with Gasteiger partial charge in [-0.1, -0.05) is 11.6 Å². The van der Waals surface area contributed by atoms with Crippen molar-refractivity contribution in [3.05, 3.63) is 29.3 Å². The second-order valence-electron chi connectivity index (χ2n) is 3.58. The number of halogens is 1. The Morgan fingerprint density at radius 1 is 1.11 bits per heavy atom. The molecule has 0 unspecified atom stereocenters. The van der Waals surface area contributed by atoms with Gasteiger partial charge in [-0.25, -0.2) is 0 Å². The normalized spacial score (nSPS) is 10.1. The monoisotopic (exact) mass is 279 g/mol. The van der Waals surface area contributed by atoms with E-state index in [9.17, 15) is 0 Å². The van der Waals surface area contributed by atoms with Crippen molar-refractivity contribution >= 4 is 29.2 Å². The quantitative estimate of drug-likeness (QED) is 0.877. The molecule has 0 atom stereocenters. The fraction of sp³-hybridized carbons (Fsp3) is 0.250. The van der Waals surface area contributed by atoms with Gasteiger partial charge in [0.05, 0.1) is 6.61 Å². The number of nitrogens with one attached hydrogen (secondary N) is 2. The maximum atomic E-state index is 5.83. The van der Waals surface area contributed by atoms with Crippen LogP contribution < -0.4 is 15.4 Å². The molecule has 0 saturated heterocycles. The van der Waals surface area contributed by atoms with E-state index in [1.807, 2.05) is 19.1 Å². The van der Waals surface area contributed by atoms with Crippen molar-refractivity contribution in [3.63, 3.8) is 0 Å². The number of rotatable bonds is 5. The standard InChI is InChI=1S/C12H14ClN5O/c1-3-19-12-17-10(14-2)16-11(18-12)15-9-6-4-8(13)5-7-9/h4-7H,3H2,1-2H3,(H2,14,15,16,17,18). The van der Waals surface area contributed by atoms with Gasteiger partial charge in [-0.15, -0.1) is 0 Å². The highest BCUT2D eigenvalue weighted by Gasteiger charge is 2.06. The molecule has 0 fully saturated rings. The van der Waals surface area contributed by atoms with Gasteiger partial charge in [-0.2, -0.15) is 15.0 Å². The van der Waals surface area contributed by atoms with Crippen LogP contribution in [0.4, 0.5) is 17.6 Å². The molecule has 0 amide bonds. The Hall–Kier alpha value is -2.08. The van der Waals surface area contributed by atoms with Gasteiger partial charge in [0, 0.05) is 17.8 Å². The van der Waals surface area contributed by atoms with Gasteiger partial charge < -0.3 is 15.4 Å². The number of aromatic nitrogens is 3. The fourth-order valence-corrected chi connectivity index (χ4v) is 1.51. The summed E-state index contributed by atoms with van der Waals surface area (Å²) < 4.78 is 5.28. The summed E-state index contributed by atoms with van der Waals surface area (Å²) in [6, 6.07) is 7.52. The average molecular weight is 280 g/mol. The predicted molar refractivity (Wildman–Crippen MR) is 75.3 cm³/mol. The van der Waals surface area contributed by atoms with Crippen LogP contribution in [0.5, 0.6) is 6.01 Å². The first-order chi connectivity index (χ1) is 9.21. The first kappa shape index (κ1) is 13.4. The van der Waals surface area contributed by atoms with E-state index in [4.69, 9.17) is 16.3 Å². The van der Waals surface area contributed by atoms with Crippen LogP contribution in [0.2, 0.25) is 5.02 Å². The maximum absolute atomic E-state index is 5.83. The third kappa shape index (κ3) is 3.69. The molecule has 2 N–H and O–H groups in total. The molecule has 19 heavy (non-hydrogen) atoms. The lowest BCUT2D eigenvalue weighted by molar-refractivity contribution is 0.312. The molecule has 1 aromatic carbocycles. The van der Waals surface area contributed by atoms with Crippen molar-refractivity contribution in [1.29, 1.82) is 0 Å². The number of benzene rings is 1. The zero-order valence-electron chi connectivity index (χ0n) is 10.6. The van der Waals surface area contributed by atoms with E-state index >= 15 is 0 Å². The smallest absolute Gasteiger partial charge is 0.323 e. The molecule has 0 aliphatic carbocycles. The van der Waals surface area contributed by atoms with Crippen molar-refractivity contribution in [1.82, 2.24) is 15.0 Å². The van der Waals surface area contributed by atoms with Crippen molar-refractivity contribution in [2.45, 2.75) is 6.92 Å². The highest BCUT2D eigenvalue weighted by Crippen LogP contribution is 2.18. The second kappa shape index (κ2) is 6.19. The van der Waals surface area contributed by atoms with Gasteiger partial charge in [0.15, 0.2) is 0 Å². The minimum Gasteiger partial charge on any atom is -0.464 e. The van der Waals surface area contributed by atoms with Crippen molar-refractivity contribution in [2.24, 2.45) is 0 Å². The summed E-state index contributed by atoms with van der Waals surface area (Å²) in [6.07, 6.45) is 0. The van der Waals surface area contributed by atoms with Crippen LogP contribution in [0.3, 0.4) is 0 Å². The van der Waals surface area contributed by atoms with Gasteiger partial charge in [0.2, 0.25) is 11.9 Å². The second-order valence-corrected chi connectivity index (χ2v) is 4.02. The van der Waals surface area contributed by atoms with E-state index in [1.165, 1.54) is 0 Å². The summed E-state index contributed by atoms with van der Waals surface area (Å²) in [6.45, 7) is 2.36. The molecule has 1 aromatic heterocycles. The van der Waals surface area contributed by atoms with Gasteiger partial charge in [0.25, 0.3) is 0 Å². The van der Waals surface area contributed by atoms with E-state index in [0.717, 1.165) is 5.69 Å². The lowest BCUT2D eigenvalue weighted by Gasteiger charge is -2.08. The molecular weight excluding hydrogens is 266 g/mol. The number of ether oxygens (including phenoxy) is 1. The molecular formula is C12H14ClN5O. The van der Waals surface area contributed by atoms with Crippen LogP contribution in [0.1, 0.15) is 6.92 Å². The van der Waals surface area contributed by atoms with E-state index in [1.54, 1.807) is 19.2 Å². The first-order valence-corrected chi connectivity index (χ1v) is 6.18. The van der Waals surface area contributed by atoms with Gasteiger partial charge in [-0.3, -0.25) is 0 Å². The molecule has 2 rings (SSSR count). The molecule has 0 spiro atoms. The van der Waals surface area contributed by atoms with Crippen LogP contribution >= 0.6 is 11.6 Å². The van der Waals surface area contributed by atoms with Crippen LogP contribution in [-0.2, 0) is 0 Å². The molecule has 2 aromatic rings. The molecule has 0 aliphatic rings. The van der Waals surface area contributed by atoms with Gasteiger partial charge in [0.1, 0.15) is 0 Å². The van der Waals surface area contributed by atoms with Crippen LogP contribution in [0, 0.1) is 0 Å². The summed E-state index contributed by atoms with van der Waals surface area (Å²) in [7, 11) is 1.73. The Kier molecular flexibility index (Phi) is 4.35. The van der Waals surface area contributed by atoms with Gasteiger partial charge >= 0.3 is 6.01 Å². The lowest BCUT2D eigenvalue weighted by Crippen LogP contribution is -2.06. The SMILES string of the molecule is CCOc1nc(NC)nc(Nc2ccc(Cl)cc2)n1. The zero-order chi connectivity index (χ0) is 13.7. The van der Waals surface area contributed by atoms with Crippen LogP contribution in [-0.4, -0.2) is 28.6 Å². The summed E-state index contributed by atoms with van der Waals surface area (Å²) in [5, 5.41) is 6.59. The van der Waals surface area contributed by atoms with E-state index in [0.29, 0.717) is 23.5 Å². The molecule has 6 nitrogen and oxygen atoms in total. The van der Waals surface area contributed by atoms with E-state index in [2.05, 4.69) is 25.6 Å². The Balaban J connectivity index is 2.23. The fourth-order valence-electron chi connectivity index (χ4n) is 1.38. The number of hydrogen-bond acceptors (Lipinski definition) is 6. The molecule has 0 saturated carbocycles. The third-order valence-electron chi connectivity index (χ3n) is 2.21. The van der Waals surface area contributed by atoms with Crippen LogP contribution in [0.15, 0.2) is 24.3 Å². The third-order valence-corrected chi connectivity index (χ3v) is 2.46. The number of nitrogens with zero attached hydrogens (tertiary/aromatic N) is 3. The molecule has 7 heteroatoms. The summed E-state index contributed by atoms with van der Waals surface area (Å²) in [5.74, 6) is 0.847. The van der Waals surface area contributed by atoms with Crippen molar-refractivity contribution in [3.8, 4) is 6.01 Å². The van der Waals surface area contributed by atoms with Gasteiger partial charge in [-0.05, 0) is 31.2 Å². The van der Waals surface area contributed by atoms with Crippen molar-refractivity contribution in [2.75, 3.05) is 24.3 Å². The number of anilines is 3. The summed E-state index contributed by atoms with van der Waals surface area (Å²) in [5.41, 5.74) is 0.833. The largest absolute Gasteiger partial charge is 0.464 e. The van der Waals surface area contributed by atoms with E-state index in [-0.39, 0.29) is 6.01 Å². The van der Waals surface area contributed by atoms with Crippen molar-refractivity contribution < 1.29 is 4.74 Å². The minimum absolute atomic E-state index is 0.276. The lowest BCUT2D eigenvalue weighted by atomic mass is 10.3. The Morgan fingerprint density at radius 3 is 2.42 bits per heavy atom. The Labute approximate surface area is 116 Å². The van der Waals surface area contributed by atoms with Crippen LogP contribution in [0.25, 0.3) is 0 Å². The predicted octanol–water partition coefficient (Wildman–Crippen LogP) is 2.71. The average Bonchev–Trinajstić information content (AvgIpc) is 2.41. The van der Waals surface area contributed by atoms with E-state index < -0.39 is 0 Å². The molecule has 1 heterocycles. The topological polar surface area (TPSA) is 72.0 Å². The number of hydrogen-bond donors (Lipinski definition) is 2. The summed E-state index contributed by atoms with van der Waals surface area (Å²) in [4.78, 5) is 12.4. The Bertz CT molecular complexity index is 546. The maximum Gasteiger partial charge on any atom is 0.323 e. The molecule has 0 bridgehead atoms. The highest BCUT2D eigenvalue weighted by molar-refractivity contribution is 6.30. The Morgan fingerprint density at radius 2 is 1.79 bits per heavy atom. The molecule has 0 radical (unpaired) electrons. The minimum atomic E-state index is 0.276.